The van der Waals surface area contributed by atoms with Gasteiger partial charge in [0.15, 0.2) is 0 Å². The fourth-order valence-corrected chi connectivity index (χ4v) is 11.1. The van der Waals surface area contributed by atoms with Gasteiger partial charge in [-0.05, 0) is 182 Å². The Bertz CT molecular complexity index is 982. The fraction of sp³-hybridized carbons (Fsp3) is 0.955. The highest BCUT2D eigenvalue weighted by atomic mass is 16.5. The van der Waals surface area contributed by atoms with Crippen LogP contribution in [0.4, 0.5) is 0 Å². The number of ether oxygens (including phenoxy) is 1. The molecule has 10 unspecified atom stereocenters. The highest BCUT2D eigenvalue weighted by Crippen LogP contribution is 2.67. The smallest absolute Gasteiger partial charge is 0.328 e. The molecule has 8 nitrogen and oxygen atoms in total. The lowest BCUT2D eigenvalue weighted by atomic mass is 9.44. The summed E-state index contributed by atoms with van der Waals surface area (Å²) in [4.78, 5) is 25.1. The molecule has 10 atom stereocenters. The molecule has 0 heterocycles. The molecule has 0 aromatic rings. The molecule has 1 amide bonds. The van der Waals surface area contributed by atoms with E-state index in [0.717, 1.165) is 94.5 Å². The molecule has 0 bridgehead atoms. The lowest BCUT2D eigenvalue weighted by Crippen LogP contribution is -2.55. The highest BCUT2D eigenvalue weighted by Gasteiger charge is 2.59. The van der Waals surface area contributed by atoms with Gasteiger partial charge < -0.3 is 31.7 Å². The number of nitrogens with two attached hydrogens (primary N) is 1. The van der Waals surface area contributed by atoms with Gasteiger partial charge in [0.25, 0.3) is 0 Å². The van der Waals surface area contributed by atoms with Crippen LogP contribution in [0.1, 0.15) is 165 Å². The minimum Gasteiger partial charge on any atom is -0.467 e. The van der Waals surface area contributed by atoms with Crippen molar-refractivity contribution in [3.8, 4) is 0 Å². The molecule has 0 aromatic heterocycles. The van der Waals surface area contributed by atoms with Crippen LogP contribution in [0.25, 0.3) is 0 Å². The maximum absolute atomic E-state index is 12.8. The van der Waals surface area contributed by atoms with Crippen molar-refractivity contribution in [2.45, 2.75) is 177 Å². The van der Waals surface area contributed by atoms with E-state index in [0.29, 0.717) is 23.3 Å². The number of hydrogen-bond donors (Lipinski definition) is 5. The van der Waals surface area contributed by atoms with Gasteiger partial charge in [-0.25, -0.2) is 4.79 Å². The third-order valence-electron chi connectivity index (χ3n) is 14.3. The molecule has 4 fully saturated rings. The number of carbonyl (C=O) groups excluding carboxylic acids is 2. The Labute approximate surface area is 321 Å². The van der Waals surface area contributed by atoms with Gasteiger partial charge in [-0.3, -0.25) is 4.79 Å². The Morgan fingerprint density at radius 2 is 1.42 bits per heavy atom. The van der Waals surface area contributed by atoms with Gasteiger partial charge in [0.1, 0.15) is 6.04 Å². The molecule has 4 rings (SSSR count). The van der Waals surface area contributed by atoms with Crippen LogP contribution >= 0.6 is 0 Å². The van der Waals surface area contributed by atoms with E-state index >= 15 is 0 Å². The van der Waals surface area contributed by atoms with Crippen LogP contribution in [-0.4, -0.2) is 70.3 Å². The number of rotatable bonds is 21. The summed E-state index contributed by atoms with van der Waals surface area (Å²) >= 11 is 0. The van der Waals surface area contributed by atoms with Crippen LogP contribution in [0.5, 0.6) is 0 Å². The van der Waals surface area contributed by atoms with Gasteiger partial charge in [0.2, 0.25) is 5.91 Å². The zero-order chi connectivity index (χ0) is 38.6. The van der Waals surface area contributed by atoms with Crippen molar-refractivity contribution in [2.24, 2.45) is 52.1 Å². The van der Waals surface area contributed by atoms with E-state index < -0.39 is 6.04 Å². The van der Waals surface area contributed by atoms with Crippen LogP contribution < -0.4 is 27.0 Å². The third-order valence-corrected chi connectivity index (χ3v) is 14.3. The number of esters is 1. The average molecular weight is 734 g/mol. The Hall–Kier alpha value is -1.22. The second-order valence-electron chi connectivity index (χ2n) is 17.0. The molecule has 0 aliphatic heterocycles. The van der Waals surface area contributed by atoms with Crippen molar-refractivity contribution in [2.75, 3.05) is 46.4 Å². The van der Waals surface area contributed by atoms with E-state index in [1.165, 1.54) is 84.2 Å². The fourth-order valence-electron chi connectivity index (χ4n) is 11.1. The largest absolute Gasteiger partial charge is 0.467 e. The van der Waals surface area contributed by atoms with Crippen LogP contribution in [0, 0.1) is 46.3 Å². The Morgan fingerprint density at radius 3 is 2.08 bits per heavy atom. The summed E-state index contributed by atoms with van der Waals surface area (Å²) in [6, 6.07) is 0.162. The molecular weight excluding hydrogens is 647 g/mol. The first-order valence-corrected chi connectivity index (χ1v) is 22.4. The van der Waals surface area contributed by atoms with E-state index in [1.807, 2.05) is 41.5 Å². The zero-order valence-electron chi connectivity index (χ0n) is 35.7. The zero-order valence-corrected chi connectivity index (χ0v) is 35.7. The van der Waals surface area contributed by atoms with Gasteiger partial charge >= 0.3 is 5.97 Å². The normalized spacial score (nSPS) is 31.7. The van der Waals surface area contributed by atoms with E-state index in [-0.39, 0.29) is 17.8 Å². The quantitative estimate of drug-likeness (QED) is 0.0596. The monoisotopic (exact) mass is 734 g/mol. The van der Waals surface area contributed by atoms with Crippen molar-refractivity contribution in [3.63, 3.8) is 0 Å². The Balaban J connectivity index is 0.00000226. The number of unbranched alkanes of at least 4 members (excludes halogenated alkanes) is 1. The maximum Gasteiger partial charge on any atom is 0.328 e. The second-order valence-corrected chi connectivity index (χ2v) is 17.0. The van der Waals surface area contributed by atoms with Crippen LogP contribution in [0.3, 0.4) is 0 Å². The topological polar surface area (TPSA) is 118 Å². The van der Waals surface area contributed by atoms with Crippen molar-refractivity contribution in [1.29, 1.82) is 0 Å². The number of carbonyl (C=O) groups is 2. The molecular formula is C44H87N5O3. The summed E-state index contributed by atoms with van der Waals surface area (Å²) < 4.78 is 4.97. The molecule has 306 valence electrons. The summed E-state index contributed by atoms with van der Waals surface area (Å²) in [6.07, 6.45) is 20.6. The van der Waals surface area contributed by atoms with Crippen LogP contribution in [0.2, 0.25) is 0 Å². The van der Waals surface area contributed by atoms with Gasteiger partial charge in [-0.2, -0.15) is 0 Å². The standard InChI is InChI=1S/C40H75N5O3.2C2H6/c1-6-29(2)37(38(47)48-5)45-36(46)13-9-12-30-15-17-34-33-16-14-31-28-32(18-20-40(31,4)35(33)19-21-39(30,34)3)44-27-11-26-43-24-8-7-23-42-25-10-22-41;2*1-2/h29-35,37,42-44H,6-28,41H2,1-5H3,(H,45,46);2*1-2H3. The molecule has 6 N–H and O–H groups in total. The van der Waals surface area contributed by atoms with Crippen molar-refractivity contribution < 1.29 is 14.3 Å². The van der Waals surface area contributed by atoms with Gasteiger partial charge in [-0.15, -0.1) is 0 Å². The molecule has 0 aromatic carbocycles. The molecule has 4 saturated carbocycles. The Kier molecular flexibility index (Phi) is 22.6. The van der Waals surface area contributed by atoms with Gasteiger partial charge in [-0.1, -0.05) is 61.8 Å². The maximum atomic E-state index is 12.8. The minimum absolute atomic E-state index is 0.00378. The first-order valence-electron chi connectivity index (χ1n) is 22.4. The van der Waals surface area contributed by atoms with E-state index in [2.05, 4.69) is 35.1 Å². The first-order chi connectivity index (χ1) is 25.2. The van der Waals surface area contributed by atoms with Crippen LogP contribution in [0.15, 0.2) is 0 Å². The number of hydrogen-bond acceptors (Lipinski definition) is 7. The summed E-state index contributed by atoms with van der Waals surface area (Å²) in [7, 11) is 1.40. The van der Waals surface area contributed by atoms with Gasteiger partial charge in [0, 0.05) is 12.5 Å². The molecule has 0 spiro atoms. The van der Waals surface area contributed by atoms with Crippen molar-refractivity contribution in [1.82, 2.24) is 21.3 Å². The molecule has 8 heteroatoms. The van der Waals surface area contributed by atoms with E-state index in [1.54, 1.807) is 0 Å². The molecule has 4 aliphatic carbocycles. The predicted molar refractivity (Wildman–Crippen MR) is 220 cm³/mol. The molecule has 52 heavy (non-hydrogen) atoms. The molecule has 0 radical (unpaired) electrons. The van der Waals surface area contributed by atoms with Crippen molar-refractivity contribution >= 4 is 11.9 Å². The molecule has 4 aliphatic rings. The van der Waals surface area contributed by atoms with E-state index in [4.69, 9.17) is 10.5 Å². The van der Waals surface area contributed by atoms with Gasteiger partial charge in [0.05, 0.1) is 7.11 Å². The summed E-state index contributed by atoms with van der Waals surface area (Å²) in [6.45, 7) is 23.7. The number of nitrogens with one attached hydrogen (secondary N) is 4. The number of methoxy groups -OCH3 is 1. The SMILES string of the molecule is CC.CC.CCC(C)C(NC(=O)CCCC1CCC2C3CCC4CC(NCCCNCCCCNCCCN)CCC4(C)C3CCC12C)C(=O)OC. The second kappa shape index (κ2) is 25.0. The minimum atomic E-state index is -0.541. The lowest BCUT2D eigenvalue weighted by molar-refractivity contribution is -0.146. The predicted octanol–water partition coefficient (Wildman–Crippen LogP) is 8.23. The van der Waals surface area contributed by atoms with Crippen molar-refractivity contribution in [3.05, 3.63) is 0 Å². The van der Waals surface area contributed by atoms with E-state index in [9.17, 15) is 9.59 Å². The third kappa shape index (κ3) is 12.9. The average Bonchev–Trinajstić information content (AvgIpc) is 3.51. The summed E-state index contributed by atoms with van der Waals surface area (Å²) in [5.74, 6) is 4.00. The molecule has 0 saturated heterocycles. The first kappa shape index (κ1) is 46.9. The summed E-state index contributed by atoms with van der Waals surface area (Å²) in [5, 5.41) is 14.1. The highest BCUT2D eigenvalue weighted by molar-refractivity contribution is 5.84. The lowest BCUT2D eigenvalue weighted by Gasteiger charge is -2.61. The number of fused-ring (bicyclic) bond motifs is 5. The Morgan fingerprint density at radius 1 is 0.788 bits per heavy atom. The summed E-state index contributed by atoms with van der Waals surface area (Å²) in [5.41, 5.74) is 6.50. The number of amides is 1. The van der Waals surface area contributed by atoms with Crippen LogP contribution in [-0.2, 0) is 14.3 Å².